The van der Waals surface area contributed by atoms with Crippen molar-refractivity contribution in [1.29, 1.82) is 0 Å². The Morgan fingerprint density at radius 2 is 2.06 bits per heavy atom. The van der Waals surface area contributed by atoms with E-state index < -0.39 is 10.0 Å². The van der Waals surface area contributed by atoms with E-state index in [1.807, 2.05) is 6.92 Å². The molecule has 2 aliphatic rings. The maximum absolute atomic E-state index is 13.3. The van der Waals surface area contributed by atoms with Gasteiger partial charge in [-0.3, -0.25) is 9.52 Å². The maximum Gasteiger partial charge on any atom is 0.280 e. The van der Waals surface area contributed by atoms with Crippen LogP contribution in [-0.4, -0.2) is 84.2 Å². The lowest BCUT2D eigenvalue weighted by Crippen LogP contribution is -2.47. The Morgan fingerprint density at radius 3 is 2.69 bits per heavy atom. The van der Waals surface area contributed by atoms with Gasteiger partial charge in [0.05, 0.1) is 25.4 Å². The summed E-state index contributed by atoms with van der Waals surface area (Å²) in [6.45, 7) is 5.96. The Kier molecular flexibility index (Phi) is 7.91. The molecule has 4 rings (SSSR count). The molecule has 1 fully saturated rings. The molecule has 1 amide bonds. The van der Waals surface area contributed by atoms with Crippen molar-refractivity contribution in [3.05, 3.63) is 36.3 Å². The van der Waals surface area contributed by atoms with Crippen molar-refractivity contribution < 1.29 is 23.1 Å². The van der Waals surface area contributed by atoms with Gasteiger partial charge in [0.15, 0.2) is 5.03 Å². The van der Waals surface area contributed by atoms with Gasteiger partial charge in [0.1, 0.15) is 11.9 Å². The van der Waals surface area contributed by atoms with Gasteiger partial charge >= 0.3 is 0 Å². The molecular formula is C25H37N5O5S. The van der Waals surface area contributed by atoms with Crippen LogP contribution in [0.3, 0.4) is 0 Å². The predicted molar refractivity (Wildman–Crippen MR) is 136 cm³/mol. The summed E-state index contributed by atoms with van der Waals surface area (Å²) in [4.78, 5) is 21.3. The van der Waals surface area contributed by atoms with Crippen molar-refractivity contribution in [3.63, 3.8) is 0 Å². The Bertz CT molecular complexity index is 1180. The molecule has 1 aliphatic carbocycles. The van der Waals surface area contributed by atoms with Crippen LogP contribution in [0.5, 0.6) is 5.75 Å². The number of aliphatic hydroxyl groups excluding tert-OH is 1. The van der Waals surface area contributed by atoms with Gasteiger partial charge in [-0.05, 0) is 50.9 Å². The number of aromatic nitrogens is 2. The van der Waals surface area contributed by atoms with Gasteiger partial charge in [-0.25, -0.2) is 4.98 Å². The first-order valence-corrected chi connectivity index (χ1v) is 13.9. The van der Waals surface area contributed by atoms with Gasteiger partial charge in [0.25, 0.3) is 10.0 Å². The number of sulfonamides is 1. The molecule has 10 nitrogen and oxygen atoms in total. The van der Waals surface area contributed by atoms with Crippen molar-refractivity contribution in [3.8, 4) is 5.75 Å². The van der Waals surface area contributed by atoms with E-state index >= 15 is 0 Å². The normalized spacial score (nSPS) is 21.8. The van der Waals surface area contributed by atoms with E-state index in [0.29, 0.717) is 30.1 Å². The summed E-state index contributed by atoms with van der Waals surface area (Å²) >= 11 is 0. The number of fused-ring (bicyclic) bond motifs is 1. The zero-order valence-electron chi connectivity index (χ0n) is 21.4. The van der Waals surface area contributed by atoms with Gasteiger partial charge in [-0.15, -0.1) is 0 Å². The number of nitrogens with one attached hydrogen (secondary N) is 1. The number of aryl methyl sites for hydroxylation is 1. The molecule has 2 N–H and O–H groups in total. The topological polar surface area (TPSA) is 117 Å². The second-order valence-electron chi connectivity index (χ2n) is 10.4. The van der Waals surface area contributed by atoms with Crippen molar-refractivity contribution in [2.75, 3.05) is 38.0 Å². The van der Waals surface area contributed by atoms with E-state index in [0.717, 1.165) is 12.5 Å². The third-order valence-corrected chi connectivity index (χ3v) is 8.15. The average Bonchev–Trinajstić information content (AvgIpc) is 3.51. The zero-order valence-corrected chi connectivity index (χ0v) is 22.2. The van der Waals surface area contributed by atoms with E-state index in [1.165, 1.54) is 25.4 Å². The van der Waals surface area contributed by atoms with Crippen LogP contribution < -0.4 is 9.46 Å². The number of hydrogen-bond acceptors (Lipinski definition) is 7. The molecule has 198 valence electrons. The van der Waals surface area contributed by atoms with Crippen molar-refractivity contribution >= 4 is 21.6 Å². The summed E-state index contributed by atoms with van der Waals surface area (Å²) in [5.41, 5.74) is 0.924. The SMILES string of the molecule is C[C@H](CO)N1C[C@H](C)[C@@H](CN(C)CC2CC2)Oc2ccc(NS(=O)(=O)c3cn(C)cn3)cc2CC1=O. The molecule has 1 saturated carbocycles. The molecule has 0 radical (unpaired) electrons. The fourth-order valence-electron chi connectivity index (χ4n) is 4.57. The molecule has 0 unspecified atom stereocenters. The second-order valence-corrected chi connectivity index (χ2v) is 12.0. The minimum atomic E-state index is -3.88. The third-order valence-electron chi connectivity index (χ3n) is 6.88. The highest BCUT2D eigenvalue weighted by Gasteiger charge is 2.32. The first kappa shape index (κ1) is 26.4. The number of nitrogens with zero attached hydrogens (tertiary/aromatic N) is 4. The molecule has 1 aromatic heterocycles. The summed E-state index contributed by atoms with van der Waals surface area (Å²) in [6.07, 6.45) is 5.23. The Hall–Kier alpha value is -2.63. The lowest BCUT2D eigenvalue weighted by atomic mass is 10.0. The van der Waals surface area contributed by atoms with Crippen LogP contribution in [-0.2, 0) is 28.3 Å². The fourth-order valence-corrected chi connectivity index (χ4v) is 5.60. The number of aliphatic hydroxyl groups is 1. The van der Waals surface area contributed by atoms with Gasteiger partial charge in [0.2, 0.25) is 5.91 Å². The van der Waals surface area contributed by atoms with Gasteiger partial charge in [-0.1, -0.05) is 6.92 Å². The molecule has 2 heterocycles. The highest BCUT2D eigenvalue weighted by atomic mass is 32.2. The van der Waals surface area contributed by atoms with Crippen molar-refractivity contribution in [2.45, 2.75) is 50.3 Å². The van der Waals surface area contributed by atoms with Gasteiger partial charge in [-0.2, -0.15) is 8.42 Å². The van der Waals surface area contributed by atoms with Crippen LogP contribution in [0.25, 0.3) is 0 Å². The summed E-state index contributed by atoms with van der Waals surface area (Å²) in [6, 6.07) is 4.68. The summed E-state index contributed by atoms with van der Waals surface area (Å²) in [5, 5.41) is 9.71. The molecule has 0 saturated heterocycles. The lowest BCUT2D eigenvalue weighted by molar-refractivity contribution is -0.134. The zero-order chi connectivity index (χ0) is 26.0. The first-order chi connectivity index (χ1) is 17.1. The molecule has 0 spiro atoms. The number of ether oxygens (including phenoxy) is 1. The molecule has 1 aliphatic heterocycles. The Labute approximate surface area is 213 Å². The monoisotopic (exact) mass is 519 g/mol. The van der Waals surface area contributed by atoms with Gasteiger partial charge < -0.3 is 24.2 Å². The van der Waals surface area contributed by atoms with Crippen LogP contribution in [0.1, 0.15) is 32.3 Å². The van der Waals surface area contributed by atoms with E-state index in [1.54, 1.807) is 34.7 Å². The minimum absolute atomic E-state index is 0.0258. The highest BCUT2D eigenvalue weighted by Crippen LogP contribution is 2.32. The molecular weight excluding hydrogens is 482 g/mol. The highest BCUT2D eigenvalue weighted by molar-refractivity contribution is 7.92. The lowest BCUT2D eigenvalue weighted by Gasteiger charge is -2.34. The number of imidazole rings is 1. The maximum atomic E-state index is 13.3. The number of likely N-dealkylation sites (N-methyl/N-ethyl adjacent to an activating group) is 1. The van der Waals surface area contributed by atoms with Crippen LogP contribution in [0.4, 0.5) is 5.69 Å². The number of amides is 1. The number of benzene rings is 1. The van der Waals surface area contributed by atoms with Crippen molar-refractivity contribution in [2.24, 2.45) is 18.9 Å². The number of hydrogen-bond donors (Lipinski definition) is 2. The standard InChI is InChI=1S/C25H37N5O5S/c1-17-11-30(18(2)15-31)25(32)10-20-9-21(27-36(33,34)24-14-29(4)16-26-24)7-8-22(20)35-23(17)13-28(3)12-19-5-6-19/h7-9,14,16-19,23,27,31H,5-6,10-13,15H2,1-4H3/t17-,18+,23+/m0/s1. The summed E-state index contributed by atoms with van der Waals surface area (Å²) in [7, 11) is -0.0928. The van der Waals surface area contributed by atoms with Crippen molar-refractivity contribution in [1.82, 2.24) is 19.4 Å². The van der Waals surface area contributed by atoms with E-state index in [2.05, 4.69) is 28.6 Å². The summed E-state index contributed by atoms with van der Waals surface area (Å²) in [5.74, 6) is 1.21. The molecule has 2 aromatic rings. The molecule has 36 heavy (non-hydrogen) atoms. The van der Waals surface area contributed by atoms with Crippen LogP contribution in [0.15, 0.2) is 35.7 Å². The quantitative estimate of drug-likeness (QED) is 0.518. The summed E-state index contributed by atoms with van der Waals surface area (Å²) < 4.78 is 36.2. The smallest absolute Gasteiger partial charge is 0.280 e. The number of carbonyl (C=O) groups excluding carboxylic acids is 1. The number of anilines is 1. The molecule has 1 aromatic carbocycles. The van der Waals surface area contributed by atoms with E-state index in [9.17, 15) is 18.3 Å². The molecule has 0 bridgehead atoms. The van der Waals surface area contributed by atoms with Gasteiger partial charge in [0, 0.05) is 50.0 Å². The average molecular weight is 520 g/mol. The molecule has 11 heteroatoms. The van der Waals surface area contributed by atoms with E-state index in [-0.39, 0.29) is 42.0 Å². The Morgan fingerprint density at radius 1 is 1.31 bits per heavy atom. The Balaban J connectivity index is 1.63. The number of carbonyl (C=O) groups is 1. The van der Waals surface area contributed by atoms with Crippen LogP contribution in [0.2, 0.25) is 0 Å². The molecule has 3 atom stereocenters. The van der Waals surface area contributed by atoms with E-state index in [4.69, 9.17) is 4.74 Å². The largest absolute Gasteiger partial charge is 0.488 e. The second kappa shape index (κ2) is 10.8. The third kappa shape index (κ3) is 6.37. The van der Waals surface area contributed by atoms with Crippen LogP contribution in [0, 0.1) is 11.8 Å². The fraction of sp³-hybridized carbons (Fsp3) is 0.600. The first-order valence-electron chi connectivity index (χ1n) is 12.4. The predicted octanol–water partition coefficient (Wildman–Crippen LogP) is 1.71. The van der Waals surface area contributed by atoms with Crippen LogP contribution >= 0.6 is 0 Å². The number of rotatable bonds is 9. The minimum Gasteiger partial charge on any atom is -0.488 e.